The molecule has 0 aliphatic heterocycles. The predicted octanol–water partition coefficient (Wildman–Crippen LogP) is 1.43. The Labute approximate surface area is 97.1 Å². The molecule has 1 atom stereocenters. The van der Waals surface area contributed by atoms with Crippen molar-refractivity contribution in [3.63, 3.8) is 0 Å². The van der Waals surface area contributed by atoms with E-state index in [2.05, 4.69) is 20.3 Å². The van der Waals surface area contributed by atoms with Crippen LogP contribution in [0.4, 0.5) is 4.39 Å². The van der Waals surface area contributed by atoms with Gasteiger partial charge in [-0.3, -0.25) is 4.79 Å². The summed E-state index contributed by atoms with van der Waals surface area (Å²) >= 11 is 0. The molecule has 2 rings (SSSR count). The van der Waals surface area contributed by atoms with Crippen LogP contribution in [0.25, 0.3) is 0 Å². The first-order valence-corrected chi connectivity index (χ1v) is 5.08. The van der Waals surface area contributed by atoms with Crippen LogP contribution in [0.5, 0.6) is 0 Å². The molecule has 17 heavy (non-hydrogen) atoms. The van der Waals surface area contributed by atoms with Crippen LogP contribution in [-0.4, -0.2) is 20.9 Å². The first-order chi connectivity index (χ1) is 8.16. The molecule has 6 heteroatoms. The number of H-pyrrole nitrogens is 1. The van der Waals surface area contributed by atoms with Crippen molar-refractivity contribution < 1.29 is 9.18 Å². The smallest absolute Gasteiger partial charge is 0.252 e. The monoisotopic (exact) mass is 234 g/mol. The maximum Gasteiger partial charge on any atom is 0.252 e. The molecule has 0 bridgehead atoms. The Bertz CT molecular complexity index is 512. The topological polar surface area (TPSA) is 70.7 Å². The van der Waals surface area contributed by atoms with Gasteiger partial charge >= 0.3 is 0 Å². The molecule has 0 fully saturated rings. The average Bonchev–Trinajstić information content (AvgIpc) is 2.82. The molecule has 0 saturated heterocycles. The van der Waals surface area contributed by atoms with Crippen molar-refractivity contribution in [2.45, 2.75) is 13.0 Å². The SMILES string of the molecule is CC(NC(=O)c1ccnc(F)c1)c1ncc[nH]1. The van der Waals surface area contributed by atoms with Gasteiger partial charge in [0.2, 0.25) is 5.95 Å². The van der Waals surface area contributed by atoms with Gasteiger partial charge in [0, 0.05) is 30.2 Å². The number of nitrogens with one attached hydrogen (secondary N) is 2. The van der Waals surface area contributed by atoms with E-state index < -0.39 is 5.95 Å². The number of imidazole rings is 1. The lowest BCUT2D eigenvalue weighted by atomic mass is 10.2. The molecule has 2 heterocycles. The number of carbonyl (C=O) groups is 1. The second-order valence-corrected chi connectivity index (χ2v) is 3.54. The van der Waals surface area contributed by atoms with E-state index in [0.29, 0.717) is 5.82 Å². The van der Waals surface area contributed by atoms with E-state index in [0.717, 1.165) is 6.07 Å². The highest BCUT2D eigenvalue weighted by atomic mass is 19.1. The summed E-state index contributed by atoms with van der Waals surface area (Å²) in [5, 5.41) is 2.70. The zero-order valence-electron chi connectivity index (χ0n) is 9.14. The Kier molecular flexibility index (Phi) is 3.13. The highest BCUT2D eigenvalue weighted by Crippen LogP contribution is 2.07. The first kappa shape index (κ1) is 11.3. The van der Waals surface area contributed by atoms with Gasteiger partial charge in [0.25, 0.3) is 5.91 Å². The highest BCUT2D eigenvalue weighted by molar-refractivity contribution is 5.94. The van der Waals surface area contributed by atoms with Gasteiger partial charge in [0.15, 0.2) is 0 Å². The molecule has 2 aromatic heterocycles. The van der Waals surface area contributed by atoms with E-state index in [-0.39, 0.29) is 17.5 Å². The number of halogens is 1. The molecule has 1 amide bonds. The summed E-state index contributed by atoms with van der Waals surface area (Å²) in [6, 6.07) is 2.27. The number of rotatable bonds is 3. The van der Waals surface area contributed by atoms with E-state index in [1.54, 1.807) is 19.3 Å². The summed E-state index contributed by atoms with van der Waals surface area (Å²) in [7, 11) is 0. The van der Waals surface area contributed by atoms with E-state index >= 15 is 0 Å². The Hall–Kier alpha value is -2.24. The van der Waals surface area contributed by atoms with E-state index in [1.807, 2.05) is 0 Å². The number of amides is 1. The largest absolute Gasteiger partial charge is 0.347 e. The zero-order valence-corrected chi connectivity index (χ0v) is 9.14. The number of aromatic nitrogens is 3. The number of carbonyl (C=O) groups excluding carboxylic acids is 1. The van der Waals surface area contributed by atoms with E-state index in [4.69, 9.17) is 0 Å². The van der Waals surface area contributed by atoms with Gasteiger partial charge in [0.05, 0.1) is 6.04 Å². The third-order valence-corrected chi connectivity index (χ3v) is 2.27. The van der Waals surface area contributed by atoms with Crippen molar-refractivity contribution in [1.82, 2.24) is 20.3 Å². The number of hydrogen-bond acceptors (Lipinski definition) is 3. The molecule has 2 N–H and O–H groups in total. The molecule has 5 nitrogen and oxygen atoms in total. The second-order valence-electron chi connectivity index (χ2n) is 3.54. The average molecular weight is 234 g/mol. The number of nitrogens with zero attached hydrogens (tertiary/aromatic N) is 2. The third-order valence-electron chi connectivity index (χ3n) is 2.27. The summed E-state index contributed by atoms with van der Waals surface area (Å²) in [5.74, 6) is -0.397. The van der Waals surface area contributed by atoms with Crippen molar-refractivity contribution in [1.29, 1.82) is 0 Å². The summed E-state index contributed by atoms with van der Waals surface area (Å²) in [6.07, 6.45) is 4.52. The molecule has 0 radical (unpaired) electrons. The van der Waals surface area contributed by atoms with Gasteiger partial charge in [-0.2, -0.15) is 4.39 Å². The minimum absolute atomic E-state index is 0.232. The number of pyridine rings is 1. The molecule has 0 saturated carbocycles. The van der Waals surface area contributed by atoms with Gasteiger partial charge < -0.3 is 10.3 Å². The van der Waals surface area contributed by atoms with Gasteiger partial charge in [-0.1, -0.05) is 0 Å². The van der Waals surface area contributed by atoms with Crippen molar-refractivity contribution >= 4 is 5.91 Å². The molecular formula is C11H11FN4O. The van der Waals surface area contributed by atoms with Crippen LogP contribution in [0.1, 0.15) is 29.1 Å². The van der Waals surface area contributed by atoms with Crippen LogP contribution in [-0.2, 0) is 0 Å². The van der Waals surface area contributed by atoms with Crippen LogP contribution < -0.4 is 5.32 Å². The quantitative estimate of drug-likeness (QED) is 0.789. The summed E-state index contributed by atoms with van der Waals surface area (Å²) in [5.41, 5.74) is 0.232. The molecule has 2 aromatic rings. The van der Waals surface area contributed by atoms with E-state index in [1.165, 1.54) is 12.3 Å². The van der Waals surface area contributed by atoms with Crippen molar-refractivity contribution in [3.8, 4) is 0 Å². The summed E-state index contributed by atoms with van der Waals surface area (Å²) in [4.78, 5) is 22.1. The van der Waals surface area contributed by atoms with Crippen molar-refractivity contribution in [3.05, 3.63) is 48.1 Å². The Morgan fingerprint density at radius 2 is 2.29 bits per heavy atom. The number of hydrogen-bond donors (Lipinski definition) is 2. The minimum Gasteiger partial charge on any atom is -0.347 e. The van der Waals surface area contributed by atoms with Crippen LogP contribution >= 0.6 is 0 Å². The predicted molar refractivity (Wildman–Crippen MR) is 58.7 cm³/mol. The third kappa shape index (κ3) is 2.66. The van der Waals surface area contributed by atoms with Crippen LogP contribution in [0.15, 0.2) is 30.7 Å². The number of aromatic amines is 1. The van der Waals surface area contributed by atoms with Crippen LogP contribution in [0.3, 0.4) is 0 Å². The van der Waals surface area contributed by atoms with Crippen molar-refractivity contribution in [2.24, 2.45) is 0 Å². The highest BCUT2D eigenvalue weighted by Gasteiger charge is 2.13. The summed E-state index contributed by atoms with van der Waals surface area (Å²) in [6.45, 7) is 1.79. The van der Waals surface area contributed by atoms with Crippen LogP contribution in [0.2, 0.25) is 0 Å². The Morgan fingerprint density at radius 3 is 2.94 bits per heavy atom. The molecule has 1 unspecified atom stereocenters. The Morgan fingerprint density at radius 1 is 1.47 bits per heavy atom. The maximum absolute atomic E-state index is 12.8. The first-order valence-electron chi connectivity index (χ1n) is 5.08. The van der Waals surface area contributed by atoms with Gasteiger partial charge in [-0.25, -0.2) is 9.97 Å². The van der Waals surface area contributed by atoms with Gasteiger partial charge in [0.1, 0.15) is 5.82 Å². The normalized spacial score (nSPS) is 12.1. The summed E-state index contributed by atoms with van der Waals surface area (Å²) < 4.78 is 12.8. The molecule has 88 valence electrons. The zero-order chi connectivity index (χ0) is 12.3. The lowest BCUT2D eigenvalue weighted by Crippen LogP contribution is -2.27. The standard InChI is InChI=1S/C11H11FN4O/c1-7(10-14-4-5-15-10)16-11(17)8-2-3-13-9(12)6-8/h2-7H,1H3,(H,14,15)(H,16,17). The van der Waals surface area contributed by atoms with Crippen LogP contribution in [0, 0.1) is 5.95 Å². The molecule has 0 aliphatic rings. The Balaban J connectivity index is 2.07. The fourth-order valence-corrected chi connectivity index (χ4v) is 1.41. The molecular weight excluding hydrogens is 223 g/mol. The lowest BCUT2D eigenvalue weighted by Gasteiger charge is -2.11. The maximum atomic E-state index is 12.8. The second kappa shape index (κ2) is 4.73. The lowest BCUT2D eigenvalue weighted by molar-refractivity contribution is 0.0937. The van der Waals surface area contributed by atoms with E-state index in [9.17, 15) is 9.18 Å². The van der Waals surface area contributed by atoms with Crippen molar-refractivity contribution in [2.75, 3.05) is 0 Å². The van der Waals surface area contributed by atoms with Gasteiger partial charge in [-0.15, -0.1) is 0 Å². The van der Waals surface area contributed by atoms with Gasteiger partial charge in [-0.05, 0) is 13.0 Å². The fourth-order valence-electron chi connectivity index (χ4n) is 1.41. The molecule has 0 aliphatic carbocycles. The molecule has 0 spiro atoms. The fraction of sp³-hybridized carbons (Fsp3) is 0.182. The minimum atomic E-state index is -0.677. The molecule has 0 aromatic carbocycles.